The minimum atomic E-state index is -1.64. The predicted octanol–water partition coefficient (Wildman–Crippen LogP) is 4.15. The molecule has 2 aliphatic carbocycles. The normalized spacial score (nSPS) is 22.9. The molecule has 0 bridgehead atoms. The van der Waals surface area contributed by atoms with Crippen molar-refractivity contribution in [2.75, 3.05) is 27.2 Å². The van der Waals surface area contributed by atoms with E-state index in [9.17, 15) is 24.0 Å². The summed E-state index contributed by atoms with van der Waals surface area (Å²) in [5, 5.41) is 5.56. The van der Waals surface area contributed by atoms with E-state index in [1.54, 1.807) is 41.5 Å². The molecule has 12 heteroatoms. The van der Waals surface area contributed by atoms with Crippen molar-refractivity contribution in [1.29, 1.82) is 0 Å². The first-order chi connectivity index (χ1) is 19.4. The number of ether oxygens (including phenoxy) is 4. The Hall–Kier alpha value is -3.05. The van der Waals surface area contributed by atoms with Gasteiger partial charge in [-0.3, -0.25) is 14.4 Å². The Balaban J connectivity index is 1.81. The van der Waals surface area contributed by atoms with Gasteiger partial charge in [-0.15, -0.1) is 0 Å². The van der Waals surface area contributed by atoms with Crippen LogP contribution in [0.4, 0.5) is 9.59 Å². The summed E-state index contributed by atoms with van der Waals surface area (Å²) in [5.74, 6) is -2.21. The zero-order valence-corrected chi connectivity index (χ0v) is 26.6. The van der Waals surface area contributed by atoms with Crippen molar-refractivity contribution in [3.63, 3.8) is 0 Å². The van der Waals surface area contributed by atoms with Crippen molar-refractivity contribution in [2.45, 2.75) is 110 Å². The van der Waals surface area contributed by atoms with Gasteiger partial charge in [-0.05, 0) is 105 Å². The average Bonchev–Trinajstić information content (AvgIpc) is 2.88. The van der Waals surface area contributed by atoms with Gasteiger partial charge in [0.2, 0.25) is 0 Å². The van der Waals surface area contributed by atoms with Crippen molar-refractivity contribution >= 4 is 30.0 Å². The van der Waals surface area contributed by atoms with E-state index in [1.165, 1.54) is 19.0 Å². The third kappa shape index (κ3) is 12.9. The SMILES string of the molecule is CN(C)C(=O)C(OC(=O)[C@H]1CC[C@H](CNC(=O)OC(C)(C)C)CC1)OC(=O)[C@H]1CC[C@H](CNC(=O)OC(C)(C)C)CC1. The highest BCUT2D eigenvalue weighted by Crippen LogP contribution is 2.31. The summed E-state index contributed by atoms with van der Waals surface area (Å²) in [6, 6.07) is 0. The Bertz CT molecular complexity index is 873. The summed E-state index contributed by atoms with van der Waals surface area (Å²) < 4.78 is 21.5. The summed E-state index contributed by atoms with van der Waals surface area (Å²) in [6.07, 6.45) is 2.38. The molecule has 0 atom stereocenters. The number of alkyl carbamates (subject to hydrolysis) is 2. The summed E-state index contributed by atoms with van der Waals surface area (Å²) in [7, 11) is 3.01. The van der Waals surface area contributed by atoms with Gasteiger partial charge in [0.05, 0.1) is 11.8 Å². The molecule has 0 saturated heterocycles. The highest BCUT2D eigenvalue weighted by Gasteiger charge is 2.36. The van der Waals surface area contributed by atoms with Crippen LogP contribution >= 0.6 is 0 Å². The maximum absolute atomic E-state index is 13.0. The second-order valence-electron chi connectivity index (χ2n) is 13.6. The first-order valence-electron chi connectivity index (χ1n) is 15.0. The summed E-state index contributed by atoms with van der Waals surface area (Å²) >= 11 is 0. The molecule has 42 heavy (non-hydrogen) atoms. The Labute approximate surface area is 249 Å². The zero-order valence-electron chi connectivity index (χ0n) is 26.6. The Morgan fingerprint density at radius 1 is 0.643 bits per heavy atom. The largest absolute Gasteiger partial charge is 0.444 e. The highest BCUT2D eigenvalue weighted by atomic mass is 16.7. The van der Waals surface area contributed by atoms with E-state index in [0.717, 1.165) is 0 Å². The summed E-state index contributed by atoms with van der Waals surface area (Å²) in [5.41, 5.74) is -1.15. The standard InChI is InChI=1S/C30H51N3O9/c1-29(2,3)41-27(37)31-17-19-9-13-21(14-10-19)24(35)39-26(23(34)33(7)8)40-25(36)22-15-11-20(12-16-22)18-32-28(38)42-30(4,5)6/h19-22,26H,9-18H2,1-8H3,(H,31,37)(H,32,38)/t19-,20-,21-,22-. The second kappa shape index (κ2) is 15.4. The number of carbonyl (C=O) groups excluding carboxylic acids is 5. The number of amides is 3. The van der Waals surface area contributed by atoms with E-state index in [0.29, 0.717) is 64.5 Å². The molecule has 0 aromatic rings. The minimum Gasteiger partial charge on any atom is -0.444 e. The average molecular weight is 598 g/mol. The van der Waals surface area contributed by atoms with E-state index in [-0.39, 0.29) is 11.8 Å². The van der Waals surface area contributed by atoms with Crippen molar-refractivity contribution in [3.8, 4) is 0 Å². The van der Waals surface area contributed by atoms with Crippen LogP contribution in [0, 0.1) is 23.7 Å². The van der Waals surface area contributed by atoms with Crippen molar-refractivity contribution in [2.24, 2.45) is 23.7 Å². The lowest BCUT2D eigenvalue weighted by atomic mass is 9.82. The molecule has 2 N–H and O–H groups in total. The fourth-order valence-electron chi connectivity index (χ4n) is 5.03. The number of hydrogen-bond acceptors (Lipinski definition) is 9. The fourth-order valence-corrected chi connectivity index (χ4v) is 5.03. The number of esters is 2. The number of hydrogen-bond donors (Lipinski definition) is 2. The number of nitrogens with one attached hydrogen (secondary N) is 2. The van der Waals surface area contributed by atoms with Gasteiger partial charge < -0.3 is 34.5 Å². The van der Waals surface area contributed by atoms with Gasteiger partial charge >= 0.3 is 36.3 Å². The number of nitrogens with zero attached hydrogens (tertiary/aromatic N) is 1. The summed E-state index contributed by atoms with van der Waals surface area (Å²) in [6.45, 7) is 11.7. The molecule has 0 aromatic carbocycles. The molecule has 240 valence electrons. The third-order valence-corrected chi connectivity index (χ3v) is 7.32. The van der Waals surface area contributed by atoms with Gasteiger partial charge in [0.1, 0.15) is 11.2 Å². The Morgan fingerprint density at radius 3 is 1.26 bits per heavy atom. The first-order valence-corrected chi connectivity index (χ1v) is 15.0. The maximum Gasteiger partial charge on any atom is 0.407 e. The van der Waals surface area contributed by atoms with Crippen molar-refractivity contribution < 1.29 is 42.9 Å². The van der Waals surface area contributed by atoms with Crippen LogP contribution in [0.1, 0.15) is 92.9 Å². The van der Waals surface area contributed by atoms with Crippen LogP contribution < -0.4 is 10.6 Å². The molecule has 2 aliphatic rings. The Kier molecular flexibility index (Phi) is 12.9. The van der Waals surface area contributed by atoms with Gasteiger partial charge in [-0.1, -0.05) is 0 Å². The van der Waals surface area contributed by atoms with Crippen LogP contribution in [0.15, 0.2) is 0 Å². The first kappa shape index (κ1) is 35.1. The van der Waals surface area contributed by atoms with E-state index in [4.69, 9.17) is 18.9 Å². The van der Waals surface area contributed by atoms with Crippen molar-refractivity contribution in [1.82, 2.24) is 15.5 Å². The molecule has 0 aliphatic heterocycles. The quantitative estimate of drug-likeness (QED) is 0.227. The van der Waals surface area contributed by atoms with E-state index in [1.807, 2.05) is 0 Å². The van der Waals surface area contributed by atoms with Gasteiger partial charge in [-0.25, -0.2) is 9.59 Å². The molecular formula is C30H51N3O9. The smallest absolute Gasteiger partial charge is 0.407 e. The molecule has 12 nitrogen and oxygen atoms in total. The maximum atomic E-state index is 13.0. The number of carbonyl (C=O) groups is 5. The van der Waals surface area contributed by atoms with Crippen LogP contribution in [0.2, 0.25) is 0 Å². The van der Waals surface area contributed by atoms with E-state index < -0.39 is 59.4 Å². The Morgan fingerprint density at radius 2 is 0.976 bits per heavy atom. The molecular weight excluding hydrogens is 546 g/mol. The molecule has 2 rings (SSSR count). The van der Waals surface area contributed by atoms with Gasteiger partial charge in [0.15, 0.2) is 0 Å². The second-order valence-corrected chi connectivity index (χ2v) is 13.6. The van der Waals surface area contributed by atoms with Gasteiger partial charge in [-0.2, -0.15) is 0 Å². The monoisotopic (exact) mass is 597 g/mol. The zero-order chi connectivity index (χ0) is 31.7. The third-order valence-electron chi connectivity index (χ3n) is 7.32. The molecule has 0 heterocycles. The van der Waals surface area contributed by atoms with Crippen molar-refractivity contribution in [3.05, 3.63) is 0 Å². The fraction of sp³-hybridized carbons (Fsp3) is 0.833. The van der Waals surface area contributed by atoms with Crippen LogP contribution in [0.5, 0.6) is 0 Å². The molecule has 0 radical (unpaired) electrons. The predicted molar refractivity (Wildman–Crippen MR) is 154 cm³/mol. The molecule has 0 spiro atoms. The van der Waals surface area contributed by atoms with Gasteiger partial charge in [0, 0.05) is 27.2 Å². The van der Waals surface area contributed by atoms with E-state index in [2.05, 4.69) is 10.6 Å². The lowest BCUT2D eigenvalue weighted by Gasteiger charge is -2.30. The lowest BCUT2D eigenvalue weighted by molar-refractivity contribution is -0.202. The lowest BCUT2D eigenvalue weighted by Crippen LogP contribution is -2.43. The van der Waals surface area contributed by atoms with E-state index >= 15 is 0 Å². The molecule has 0 aromatic heterocycles. The minimum absolute atomic E-state index is 0.202. The molecule has 2 saturated carbocycles. The van der Waals surface area contributed by atoms with Crippen LogP contribution in [-0.4, -0.2) is 79.6 Å². The van der Waals surface area contributed by atoms with Crippen LogP contribution in [0.3, 0.4) is 0 Å². The highest BCUT2D eigenvalue weighted by molar-refractivity contribution is 5.85. The number of likely N-dealkylation sites (N-methyl/N-ethyl adjacent to an activating group) is 1. The summed E-state index contributed by atoms with van der Waals surface area (Å²) in [4.78, 5) is 63.7. The topological polar surface area (TPSA) is 150 Å². The molecule has 2 fully saturated rings. The molecule has 0 unspecified atom stereocenters. The van der Waals surface area contributed by atoms with Crippen LogP contribution in [-0.2, 0) is 33.3 Å². The van der Waals surface area contributed by atoms with Crippen LogP contribution in [0.25, 0.3) is 0 Å². The van der Waals surface area contributed by atoms with Gasteiger partial charge in [0.25, 0.3) is 0 Å². The molecule has 3 amide bonds. The number of rotatable bonds is 9.